The van der Waals surface area contributed by atoms with E-state index in [1.54, 1.807) is 0 Å². The summed E-state index contributed by atoms with van der Waals surface area (Å²) in [5.74, 6) is 0. The third-order valence-corrected chi connectivity index (χ3v) is 12.2. The zero-order valence-electron chi connectivity index (χ0n) is 40.6. The molecule has 0 saturated carbocycles. The molecule has 2 aromatic carbocycles. The summed E-state index contributed by atoms with van der Waals surface area (Å²) in [5.41, 5.74) is 20.3. The molecule has 0 amide bonds. The molecule has 0 saturated heterocycles. The quantitative estimate of drug-likeness (QED) is 0.0295. The number of aryl methyl sites for hydroxylation is 2. The molecule has 344 valence electrons. The van der Waals surface area contributed by atoms with E-state index in [0.29, 0.717) is 0 Å². The van der Waals surface area contributed by atoms with E-state index in [1.807, 2.05) is 0 Å². The van der Waals surface area contributed by atoms with Crippen LogP contribution < -0.4 is 0 Å². The summed E-state index contributed by atoms with van der Waals surface area (Å²) in [6.07, 6.45) is 44.9. The SMILES string of the molecule is CCCCC1=C(c2cccc(CC)c2)[N+](=[N-])C(c2cccc(CC)c2)=C1C.[CH2-]CCCCCCCCCCCCCCC.[CH2-]CCCCCCCCCCCCCCC.[Pd+2]. The van der Waals surface area contributed by atoms with Crippen LogP contribution in [0.15, 0.2) is 59.7 Å². The first-order valence-electron chi connectivity index (χ1n) is 25.6. The van der Waals surface area contributed by atoms with Gasteiger partial charge in [0.1, 0.15) is 0 Å². The fraction of sp³-hybridized carbons (Fsp3) is 0.684. The molecule has 1 heterocycles. The van der Waals surface area contributed by atoms with Gasteiger partial charge in [0.2, 0.25) is 11.4 Å². The summed E-state index contributed by atoms with van der Waals surface area (Å²) in [4.78, 5) is 0. The molecule has 0 fully saturated rings. The van der Waals surface area contributed by atoms with Crippen LogP contribution in [0.2, 0.25) is 0 Å². The second-order valence-corrected chi connectivity index (χ2v) is 17.5. The van der Waals surface area contributed by atoms with Gasteiger partial charge in [0.15, 0.2) is 0 Å². The van der Waals surface area contributed by atoms with Crippen molar-refractivity contribution in [1.82, 2.24) is 0 Å². The molecule has 1 aliphatic rings. The van der Waals surface area contributed by atoms with Gasteiger partial charge in [-0.2, -0.15) is 12.8 Å². The molecule has 0 aromatic heterocycles. The maximum absolute atomic E-state index is 11.2. The van der Waals surface area contributed by atoms with Crippen LogP contribution >= 0.6 is 0 Å². The summed E-state index contributed by atoms with van der Waals surface area (Å²) in [7, 11) is 0. The number of nitrogens with zero attached hydrogens (tertiary/aromatic N) is 2. The van der Waals surface area contributed by atoms with Crippen molar-refractivity contribution in [1.29, 1.82) is 0 Å². The normalized spacial score (nSPS) is 12.3. The zero-order chi connectivity index (χ0) is 43.2. The molecule has 0 atom stereocenters. The van der Waals surface area contributed by atoms with Crippen LogP contribution in [0.25, 0.3) is 16.9 Å². The van der Waals surface area contributed by atoms with E-state index in [4.69, 9.17) is 0 Å². The van der Waals surface area contributed by atoms with E-state index < -0.39 is 0 Å². The molecule has 1 aliphatic heterocycles. The first-order chi connectivity index (χ1) is 28.9. The van der Waals surface area contributed by atoms with Crippen molar-refractivity contribution in [3.05, 3.63) is 101 Å². The van der Waals surface area contributed by atoms with Gasteiger partial charge in [-0.05, 0) is 68.0 Å². The Labute approximate surface area is 389 Å². The van der Waals surface area contributed by atoms with Crippen molar-refractivity contribution in [2.75, 3.05) is 0 Å². The Morgan fingerprint density at radius 2 is 0.750 bits per heavy atom. The van der Waals surface area contributed by atoms with E-state index in [0.717, 1.165) is 67.5 Å². The Bertz CT molecular complexity index is 1310. The van der Waals surface area contributed by atoms with Crippen molar-refractivity contribution < 1.29 is 25.1 Å². The van der Waals surface area contributed by atoms with Crippen molar-refractivity contribution in [3.8, 4) is 0 Å². The van der Waals surface area contributed by atoms with Gasteiger partial charge in [-0.25, -0.2) is 4.70 Å². The molecule has 60 heavy (non-hydrogen) atoms. The van der Waals surface area contributed by atoms with Crippen LogP contribution in [-0.2, 0) is 33.3 Å². The first kappa shape index (κ1) is 58.2. The molecular formula is C57H96N2Pd. The predicted octanol–water partition coefficient (Wildman–Crippen LogP) is 19.8. The average molecular weight is 916 g/mol. The molecular weight excluding hydrogens is 819 g/mol. The minimum atomic E-state index is 0. The fourth-order valence-electron chi connectivity index (χ4n) is 8.28. The molecule has 3 heteroatoms. The van der Waals surface area contributed by atoms with Crippen LogP contribution in [0.3, 0.4) is 0 Å². The number of unbranched alkanes of at least 4 members (excludes halogenated alkanes) is 27. The molecule has 0 bridgehead atoms. The van der Waals surface area contributed by atoms with E-state index in [9.17, 15) is 5.53 Å². The van der Waals surface area contributed by atoms with E-state index in [2.05, 4.69) is 104 Å². The predicted molar refractivity (Wildman–Crippen MR) is 266 cm³/mol. The molecule has 2 aromatic rings. The standard InChI is InChI=1S/C25H30N2.2C16H33.Pd/c1-5-8-15-23-18(4)24(21-13-9-11-19(6-2)16-21)27(26)25(23)22-14-10-12-20(7-3)17-22;2*1-3-5-7-9-11-13-15-16-14-12-10-8-6-4-2;/h9-14,16-17H,5-8,15H2,1-4H3;2*1,3-16H2,2H3;/q;2*-1;+2. The van der Waals surface area contributed by atoms with Crippen LogP contribution in [-0.4, -0.2) is 4.70 Å². The number of hydrogen-bond donors (Lipinski definition) is 0. The second-order valence-electron chi connectivity index (χ2n) is 17.5. The van der Waals surface area contributed by atoms with Gasteiger partial charge < -0.3 is 19.4 Å². The minimum absolute atomic E-state index is 0. The number of benzene rings is 2. The number of rotatable bonds is 33. The average Bonchev–Trinajstić information content (AvgIpc) is 3.51. The zero-order valence-corrected chi connectivity index (χ0v) is 42.1. The molecule has 0 radical (unpaired) electrons. The summed E-state index contributed by atoms with van der Waals surface area (Å²) >= 11 is 0. The van der Waals surface area contributed by atoms with Crippen LogP contribution in [0, 0.1) is 13.8 Å². The molecule has 0 N–H and O–H groups in total. The maximum atomic E-state index is 11.2. The van der Waals surface area contributed by atoms with Crippen LogP contribution in [0.1, 0.15) is 263 Å². The van der Waals surface area contributed by atoms with Crippen LogP contribution in [0.5, 0.6) is 0 Å². The third-order valence-electron chi connectivity index (χ3n) is 12.2. The van der Waals surface area contributed by atoms with Gasteiger partial charge in [0, 0.05) is 22.3 Å². The maximum Gasteiger partial charge on any atom is 2.00 e. The molecule has 0 unspecified atom stereocenters. The van der Waals surface area contributed by atoms with E-state index in [1.165, 1.54) is 194 Å². The third kappa shape index (κ3) is 26.6. The summed E-state index contributed by atoms with van der Waals surface area (Å²) in [6.45, 7) is 21.0. The Hall–Kier alpha value is -1.82. The summed E-state index contributed by atoms with van der Waals surface area (Å²) in [5, 5.41) is 0. The molecule has 3 rings (SSSR count). The number of hydrogen-bond acceptors (Lipinski definition) is 0. The Morgan fingerprint density at radius 1 is 0.433 bits per heavy atom. The van der Waals surface area contributed by atoms with Gasteiger partial charge in [0.05, 0.1) is 0 Å². The Balaban J connectivity index is 0.000000921. The molecule has 0 aliphatic carbocycles. The Morgan fingerprint density at radius 3 is 1.07 bits per heavy atom. The summed E-state index contributed by atoms with van der Waals surface area (Å²) < 4.78 is 1.43. The van der Waals surface area contributed by atoms with Gasteiger partial charge >= 0.3 is 20.4 Å². The monoisotopic (exact) mass is 915 g/mol. The van der Waals surface area contributed by atoms with Gasteiger partial charge in [0.25, 0.3) is 0 Å². The topological polar surface area (TPSA) is 25.3 Å². The van der Waals surface area contributed by atoms with Gasteiger partial charge in [-0.3, -0.25) is 0 Å². The Kier molecular flexibility index (Phi) is 40.0. The van der Waals surface area contributed by atoms with Gasteiger partial charge in [-0.15, -0.1) is 0 Å². The van der Waals surface area contributed by atoms with Crippen molar-refractivity contribution >= 4 is 11.4 Å². The fourth-order valence-corrected chi connectivity index (χ4v) is 8.28. The summed E-state index contributed by atoms with van der Waals surface area (Å²) in [6, 6.07) is 17.1. The van der Waals surface area contributed by atoms with E-state index >= 15 is 0 Å². The molecule has 2 nitrogen and oxygen atoms in total. The first-order valence-corrected chi connectivity index (χ1v) is 25.6. The van der Waals surface area contributed by atoms with Crippen LogP contribution in [0.4, 0.5) is 0 Å². The van der Waals surface area contributed by atoms with Crippen molar-refractivity contribution in [3.63, 3.8) is 0 Å². The van der Waals surface area contributed by atoms with E-state index in [-0.39, 0.29) is 20.4 Å². The smallest absolute Gasteiger partial charge is 0.493 e. The number of allylic oxidation sites excluding steroid dienone is 2. The minimum Gasteiger partial charge on any atom is -0.493 e. The molecule has 0 spiro atoms. The largest absolute Gasteiger partial charge is 2.00 e. The second kappa shape index (κ2) is 41.2. The van der Waals surface area contributed by atoms with Crippen molar-refractivity contribution in [2.45, 2.75) is 253 Å². The van der Waals surface area contributed by atoms with Gasteiger partial charge in [-0.1, -0.05) is 232 Å². The van der Waals surface area contributed by atoms with Crippen molar-refractivity contribution in [2.24, 2.45) is 0 Å².